The fourth-order valence-corrected chi connectivity index (χ4v) is 2.78. The highest BCUT2D eigenvalue weighted by atomic mass is 32.1. The fourth-order valence-electron chi connectivity index (χ4n) is 1.32. The molecule has 15 heavy (non-hydrogen) atoms. The molecule has 0 aliphatic heterocycles. The first-order valence-electron chi connectivity index (χ1n) is 4.22. The lowest BCUT2D eigenvalue weighted by molar-refractivity contribution is 0.0603. The first-order chi connectivity index (χ1) is 7.24. The van der Waals surface area contributed by atoms with Crippen LogP contribution in [-0.4, -0.2) is 13.1 Å². The van der Waals surface area contributed by atoms with E-state index in [1.807, 2.05) is 22.2 Å². The molecule has 0 unspecified atom stereocenters. The van der Waals surface area contributed by atoms with Crippen molar-refractivity contribution in [2.45, 2.75) is 0 Å². The summed E-state index contributed by atoms with van der Waals surface area (Å²) in [5.41, 5.74) is 8.08. The number of rotatable bonds is 2. The normalized spacial score (nSPS) is 10.2. The Hall–Kier alpha value is -1.33. The molecule has 0 spiro atoms. The van der Waals surface area contributed by atoms with Crippen LogP contribution in [0, 0.1) is 0 Å². The van der Waals surface area contributed by atoms with Crippen LogP contribution in [0.1, 0.15) is 10.4 Å². The van der Waals surface area contributed by atoms with Crippen molar-refractivity contribution in [2.75, 3.05) is 12.8 Å². The van der Waals surface area contributed by atoms with E-state index in [1.165, 1.54) is 18.4 Å². The molecule has 0 amide bonds. The molecule has 0 bridgehead atoms. The molecule has 2 N–H and O–H groups in total. The second-order valence-electron chi connectivity index (χ2n) is 2.89. The molecule has 0 aromatic carbocycles. The number of nitrogens with two attached hydrogens (primary N) is 1. The lowest BCUT2D eigenvalue weighted by Gasteiger charge is -2.01. The first-order valence-corrected chi connectivity index (χ1v) is 6.04. The van der Waals surface area contributed by atoms with Crippen molar-refractivity contribution >= 4 is 33.6 Å². The molecule has 2 rings (SSSR count). The van der Waals surface area contributed by atoms with Gasteiger partial charge in [0, 0.05) is 10.9 Å². The zero-order valence-corrected chi connectivity index (χ0v) is 9.65. The Morgan fingerprint density at radius 2 is 2.27 bits per heavy atom. The minimum Gasteiger partial charge on any atom is -0.465 e. The van der Waals surface area contributed by atoms with E-state index in [1.54, 1.807) is 11.3 Å². The third-order valence-electron chi connectivity index (χ3n) is 2.04. The molecule has 5 heteroatoms. The van der Waals surface area contributed by atoms with Crippen molar-refractivity contribution in [3.63, 3.8) is 0 Å². The Labute approximate surface area is 95.1 Å². The van der Waals surface area contributed by atoms with Crippen molar-refractivity contribution in [2.24, 2.45) is 0 Å². The topological polar surface area (TPSA) is 52.3 Å². The van der Waals surface area contributed by atoms with Gasteiger partial charge in [-0.25, -0.2) is 4.79 Å². The van der Waals surface area contributed by atoms with E-state index in [0.29, 0.717) is 10.6 Å². The third kappa shape index (κ3) is 1.75. The summed E-state index contributed by atoms with van der Waals surface area (Å²) in [6.45, 7) is 0. The standard InChI is InChI=1S/C10H9NO2S2/c1-13-10(12)8-7(5-15-9(8)11)6-2-3-14-4-6/h2-5H,11H2,1H3. The molecule has 2 heterocycles. The van der Waals surface area contributed by atoms with Crippen LogP contribution in [0.3, 0.4) is 0 Å². The number of anilines is 1. The molecule has 0 saturated carbocycles. The van der Waals surface area contributed by atoms with Crippen molar-refractivity contribution in [3.05, 3.63) is 27.8 Å². The van der Waals surface area contributed by atoms with Gasteiger partial charge >= 0.3 is 5.97 Å². The minimum absolute atomic E-state index is 0.380. The summed E-state index contributed by atoms with van der Waals surface area (Å²) in [6.07, 6.45) is 0. The number of hydrogen-bond acceptors (Lipinski definition) is 5. The van der Waals surface area contributed by atoms with Crippen molar-refractivity contribution in [3.8, 4) is 11.1 Å². The highest BCUT2D eigenvalue weighted by Crippen LogP contribution is 2.34. The van der Waals surface area contributed by atoms with Gasteiger partial charge in [-0.15, -0.1) is 11.3 Å². The largest absolute Gasteiger partial charge is 0.465 e. The number of methoxy groups -OCH3 is 1. The second kappa shape index (κ2) is 4.04. The zero-order chi connectivity index (χ0) is 10.8. The molecule has 0 saturated heterocycles. The average Bonchev–Trinajstić information content (AvgIpc) is 2.85. The number of hydrogen-bond donors (Lipinski definition) is 1. The van der Waals surface area contributed by atoms with E-state index in [0.717, 1.165) is 11.1 Å². The molecule has 78 valence electrons. The van der Waals surface area contributed by atoms with Gasteiger partial charge in [0.1, 0.15) is 10.6 Å². The Morgan fingerprint density at radius 1 is 1.47 bits per heavy atom. The Kier molecular flexibility index (Phi) is 2.75. The molecule has 0 atom stereocenters. The van der Waals surface area contributed by atoms with E-state index in [9.17, 15) is 4.79 Å². The van der Waals surface area contributed by atoms with Crippen LogP contribution in [-0.2, 0) is 4.74 Å². The van der Waals surface area contributed by atoms with Crippen LogP contribution in [0.4, 0.5) is 5.00 Å². The monoisotopic (exact) mass is 239 g/mol. The molecular weight excluding hydrogens is 230 g/mol. The molecule has 3 nitrogen and oxygen atoms in total. The van der Waals surface area contributed by atoms with Gasteiger partial charge in [0.25, 0.3) is 0 Å². The SMILES string of the molecule is COC(=O)c1c(-c2ccsc2)csc1N. The number of carbonyl (C=O) groups excluding carboxylic acids is 1. The number of esters is 1. The molecule has 2 aromatic heterocycles. The molecule has 2 aromatic rings. The Balaban J connectivity index is 2.54. The Morgan fingerprint density at radius 3 is 2.87 bits per heavy atom. The predicted octanol–water partition coefficient (Wildman–Crippen LogP) is 2.85. The summed E-state index contributed by atoms with van der Waals surface area (Å²) in [5, 5.41) is 6.32. The molecule has 0 aliphatic carbocycles. The van der Waals surface area contributed by atoms with Crippen LogP contribution in [0.25, 0.3) is 11.1 Å². The summed E-state index contributed by atoms with van der Waals surface area (Å²) in [6, 6.07) is 1.96. The summed E-state index contributed by atoms with van der Waals surface area (Å²) >= 11 is 2.94. The molecule has 0 radical (unpaired) electrons. The smallest absolute Gasteiger partial charge is 0.341 e. The third-order valence-corrected chi connectivity index (χ3v) is 3.54. The maximum absolute atomic E-state index is 11.5. The second-order valence-corrected chi connectivity index (χ2v) is 4.58. The number of carbonyl (C=O) groups is 1. The first kappa shape index (κ1) is 10.2. The maximum atomic E-state index is 11.5. The van der Waals surface area contributed by atoms with Gasteiger partial charge in [0.2, 0.25) is 0 Å². The lowest BCUT2D eigenvalue weighted by atomic mass is 10.1. The highest BCUT2D eigenvalue weighted by molar-refractivity contribution is 7.15. The molecular formula is C10H9NO2S2. The summed E-state index contributed by atoms with van der Waals surface area (Å²) in [4.78, 5) is 11.5. The van der Waals surface area contributed by atoms with Gasteiger partial charge in [0.05, 0.1) is 7.11 Å². The van der Waals surface area contributed by atoms with Gasteiger partial charge < -0.3 is 10.5 Å². The van der Waals surface area contributed by atoms with E-state index in [-0.39, 0.29) is 5.97 Å². The predicted molar refractivity (Wildman–Crippen MR) is 63.4 cm³/mol. The Bertz CT molecular complexity index is 474. The van der Waals surface area contributed by atoms with Crippen LogP contribution in [0.5, 0.6) is 0 Å². The van der Waals surface area contributed by atoms with Crippen LogP contribution in [0.15, 0.2) is 22.2 Å². The van der Waals surface area contributed by atoms with Gasteiger partial charge in [-0.1, -0.05) is 0 Å². The van der Waals surface area contributed by atoms with Crippen LogP contribution in [0.2, 0.25) is 0 Å². The molecule has 0 aliphatic rings. The maximum Gasteiger partial charge on any atom is 0.341 e. The molecule has 0 fully saturated rings. The fraction of sp³-hybridized carbons (Fsp3) is 0.100. The minimum atomic E-state index is -0.380. The van der Waals surface area contributed by atoms with Crippen molar-refractivity contribution in [1.29, 1.82) is 0 Å². The van der Waals surface area contributed by atoms with Gasteiger partial charge in [-0.3, -0.25) is 0 Å². The summed E-state index contributed by atoms with van der Waals surface area (Å²) < 4.78 is 4.71. The number of thiophene rings is 2. The van der Waals surface area contributed by atoms with Crippen LogP contribution >= 0.6 is 22.7 Å². The van der Waals surface area contributed by atoms with E-state index in [4.69, 9.17) is 10.5 Å². The van der Waals surface area contributed by atoms with Gasteiger partial charge in [0.15, 0.2) is 0 Å². The number of ether oxygens (including phenoxy) is 1. The lowest BCUT2D eigenvalue weighted by Crippen LogP contribution is -2.04. The quantitative estimate of drug-likeness (QED) is 0.820. The van der Waals surface area contributed by atoms with Crippen LogP contribution < -0.4 is 5.73 Å². The highest BCUT2D eigenvalue weighted by Gasteiger charge is 2.18. The van der Waals surface area contributed by atoms with E-state index < -0.39 is 0 Å². The average molecular weight is 239 g/mol. The number of nitrogen functional groups attached to an aromatic ring is 1. The summed E-state index contributed by atoms with van der Waals surface area (Å²) in [7, 11) is 1.36. The van der Waals surface area contributed by atoms with Crippen molar-refractivity contribution in [1.82, 2.24) is 0 Å². The van der Waals surface area contributed by atoms with Crippen molar-refractivity contribution < 1.29 is 9.53 Å². The van der Waals surface area contributed by atoms with Gasteiger partial charge in [-0.05, 0) is 22.4 Å². The van der Waals surface area contributed by atoms with E-state index in [2.05, 4.69) is 0 Å². The zero-order valence-electron chi connectivity index (χ0n) is 8.02. The van der Waals surface area contributed by atoms with Gasteiger partial charge in [-0.2, -0.15) is 11.3 Å². The summed E-state index contributed by atoms with van der Waals surface area (Å²) in [5.74, 6) is -0.380. The van der Waals surface area contributed by atoms with E-state index >= 15 is 0 Å².